The van der Waals surface area contributed by atoms with Gasteiger partial charge in [0.1, 0.15) is 5.82 Å². The second-order valence-corrected chi connectivity index (χ2v) is 7.04. The van der Waals surface area contributed by atoms with E-state index in [9.17, 15) is 12.8 Å². The average molecular weight is 316 g/mol. The lowest BCUT2D eigenvalue weighted by molar-refractivity contribution is 0.559. The molecule has 0 radical (unpaired) electrons. The van der Waals surface area contributed by atoms with Crippen molar-refractivity contribution in [3.63, 3.8) is 0 Å². The van der Waals surface area contributed by atoms with Crippen molar-refractivity contribution < 1.29 is 12.8 Å². The van der Waals surface area contributed by atoms with Gasteiger partial charge in [0, 0.05) is 6.04 Å². The van der Waals surface area contributed by atoms with Crippen molar-refractivity contribution in [2.24, 2.45) is 0 Å². The third-order valence-electron chi connectivity index (χ3n) is 3.17. The largest absolute Gasteiger partial charge is 0.317 e. The van der Waals surface area contributed by atoms with E-state index in [4.69, 9.17) is 0 Å². The van der Waals surface area contributed by atoms with E-state index in [-0.39, 0.29) is 17.6 Å². The quantitative estimate of drug-likeness (QED) is 0.652. The van der Waals surface area contributed by atoms with Gasteiger partial charge < -0.3 is 5.32 Å². The summed E-state index contributed by atoms with van der Waals surface area (Å²) in [6.45, 7) is 5.66. The second kappa shape index (κ2) is 9.12. The zero-order valence-electron chi connectivity index (χ0n) is 12.7. The Kier molecular flexibility index (Phi) is 7.85. The summed E-state index contributed by atoms with van der Waals surface area (Å²) in [6.07, 6.45) is 2.54. The molecule has 1 unspecified atom stereocenters. The summed E-state index contributed by atoms with van der Waals surface area (Å²) in [5.74, 6) is -0.208. The number of hydrogen-bond donors (Lipinski definition) is 2. The van der Waals surface area contributed by atoms with Crippen LogP contribution in [-0.2, 0) is 10.0 Å². The van der Waals surface area contributed by atoms with Crippen LogP contribution in [0.5, 0.6) is 0 Å². The van der Waals surface area contributed by atoms with E-state index in [1.54, 1.807) is 19.1 Å². The first-order chi connectivity index (χ1) is 9.94. The van der Waals surface area contributed by atoms with Crippen LogP contribution in [0.15, 0.2) is 24.3 Å². The SMILES string of the molecule is CCCNCCCCS(=O)(=O)NC(C)c1ccc(F)cc1. The number of rotatable bonds is 10. The first kappa shape index (κ1) is 18.1. The van der Waals surface area contributed by atoms with Gasteiger partial charge in [-0.3, -0.25) is 0 Å². The lowest BCUT2D eigenvalue weighted by Gasteiger charge is -2.14. The van der Waals surface area contributed by atoms with Gasteiger partial charge in [-0.15, -0.1) is 0 Å². The van der Waals surface area contributed by atoms with Gasteiger partial charge in [0.25, 0.3) is 0 Å². The lowest BCUT2D eigenvalue weighted by Crippen LogP contribution is -2.29. The molecule has 0 fully saturated rings. The molecular weight excluding hydrogens is 291 g/mol. The van der Waals surface area contributed by atoms with Crippen LogP contribution in [0.2, 0.25) is 0 Å². The molecule has 4 nitrogen and oxygen atoms in total. The molecule has 2 N–H and O–H groups in total. The van der Waals surface area contributed by atoms with E-state index in [1.807, 2.05) is 0 Å². The molecule has 0 aliphatic heterocycles. The Morgan fingerprint density at radius 3 is 2.43 bits per heavy atom. The van der Waals surface area contributed by atoms with Gasteiger partial charge in [0.15, 0.2) is 0 Å². The number of sulfonamides is 1. The fraction of sp³-hybridized carbons (Fsp3) is 0.600. The van der Waals surface area contributed by atoms with Gasteiger partial charge in [-0.05, 0) is 57.0 Å². The highest BCUT2D eigenvalue weighted by Gasteiger charge is 2.15. The number of nitrogens with one attached hydrogen (secondary N) is 2. The standard InChI is InChI=1S/C15H25FN2O2S/c1-3-10-17-11-4-5-12-21(19,20)18-13(2)14-6-8-15(16)9-7-14/h6-9,13,17-18H,3-5,10-12H2,1-2H3. The van der Waals surface area contributed by atoms with Crippen molar-refractivity contribution in [2.45, 2.75) is 39.2 Å². The fourth-order valence-corrected chi connectivity index (χ4v) is 3.37. The first-order valence-electron chi connectivity index (χ1n) is 7.41. The molecule has 0 bridgehead atoms. The zero-order chi connectivity index (χ0) is 15.7. The number of halogens is 1. The third-order valence-corrected chi connectivity index (χ3v) is 4.71. The van der Waals surface area contributed by atoms with Gasteiger partial charge >= 0.3 is 0 Å². The van der Waals surface area contributed by atoms with Crippen molar-refractivity contribution in [1.29, 1.82) is 0 Å². The molecule has 0 spiro atoms. The highest BCUT2D eigenvalue weighted by atomic mass is 32.2. The van der Waals surface area contributed by atoms with Crippen LogP contribution in [0.4, 0.5) is 4.39 Å². The lowest BCUT2D eigenvalue weighted by atomic mass is 10.1. The Hall–Kier alpha value is -0.980. The molecule has 1 aromatic carbocycles. The molecule has 1 rings (SSSR count). The summed E-state index contributed by atoms with van der Waals surface area (Å²) in [5, 5.41) is 3.24. The predicted octanol–water partition coefficient (Wildman–Crippen LogP) is 2.59. The van der Waals surface area contributed by atoms with Crippen molar-refractivity contribution >= 4 is 10.0 Å². The van der Waals surface area contributed by atoms with E-state index in [1.165, 1.54) is 12.1 Å². The molecule has 0 aromatic heterocycles. The number of hydrogen-bond acceptors (Lipinski definition) is 3. The average Bonchev–Trinajstić information content (AvgIpc) is 2.43. The minimum Gasteiger partial charge on any atom is -0.317 e. The molecule has 120 valence electrons. The normalized spacial score (nSPS) is 13.3. The molecule has 1 atom stereocenters. The molecule has 0 amide bonds. The van der Waals surface area contributed by atoms with E-state index in [0.717, 1.165) is 31.5 Å². The molecule has 0 saturated heterocycles. The van der Waals surface area contributed by atoms with E-state index in [0.29, 0.717) is 6.42 Å². The maximum atomic E-state index is 12.8. The Labute approximate surface area is 127 Å². The predicted molar refractivity (Wildman–Crippen MR) is 84.1 cm³/mol. The number of unbranched alkanes of at least 4 members (excludes halogenated alkanes) is 1. The van der Waals surface area contributed by atoms with Gasteiger partial charge in [-0.2, -0.15) is 0 Å². The van der Waals surface area contributed by atoms with E-state index < -0.39 is 10.0 Å². The van der Waals surface area contributed by atoms with Crippen LogP contribution in [0.3, 0.4) is 0 Å². The topological polar surface area (TPSA) is 58.2 Å². The molecule has 0 aliphatic rings. The molecule has 0 aliphatic carbocycles. The summed E-state index contributed by atoms with van der Waals surface area (Å²) < 4.78 is 39.4. The maximum absolute atomic E-state index is 12.8. The molecular formula is C15H25FN2O2S. The monoisotopic (exact) mass is 316 g/mol. The second-order valence-electron chi connectivity index (χ2n) is 5.17. The van der Waals surface area contributed by atoms with Crippen LogP contribution >= 0.6 is 0 Å². The summed E-state index contributed by atoms with van der Waals surface area (Å²) in [6, 6.07) is 5.50. The minimum atomic E-state index is -3.30. The van der Waals surface area contributed by atoms with Gasteiger partial charge in [0.2, 0.25) is 10.0 Å². The van der Waals surface area contributed by atoms with Crippen molar-refractivity contribution in [3.05, 3.63) is 35.6 Å². The summed E-state index contributed by atoms with van der Waals surface area (Å²) in [5.41, 5.74) is 0.754. The molecule has 0 heterocycles. The van der Waals surface area contributed by atoms with Gasteiger partial charge in [0.05, 0.1) is 5.75 Å². The Bertz CT molecular complexity index is 503. The highest BCUT2D eigenvalue weighted by Crippen LogP contribution is 2.14. The van der Waals surface area contributed by atoms with Crippen LogP contribution in [0, 0.1) is 5.82 Å². The summed E-state index contributed by atoms with van der Waals surface area (Å²) in [7, 11) is -3.30. The first-order valence-corrected chi connectivity index (χ1v) is 9.06. The summed E-state index contributed by atoms with van der Waals surface area (Å²) in [4.78, 5) is 0. The zero-order valence-corrected chi connectivity index (χ0v) is 13.5. The van der Waals surface area contributed by atoms with Crippen molar-refractivity contribution in [1.82, 2.24) is 10.0 Å². The van der Waals surface area contributed by atoms with Crippen LogP contribution in [0.1, 0.15) is 44.7 Å². The molecule has 0 saturated carbocycles. The van der Waals surface area contributed by atoms with Crippen LogP contribution in [-0.4, -0.2) is 27.3 Å². The summed E-state index contributed by atoms with van der Waals surface area (Å²) >= 11 is 0. The molecule has 21 heavy (non-hydrogen) atoms. The van der Waals surface area contributed by atoms with Gasteiger partial charge in [-0.1, -0.05) is 19.1 Å². The maximum Gasteiger partial charge on any atom is 0.212 e. The Morgan fingerprint density at radius 2 is 1.81 bits per heavy atom. The Morgan fingerprint density at radius 1 is 1.14 bits per heavy atom. The van der Waals surface area contributed by atoms with E-state index >= 15 is 0 Å². The fourth-order valence-electron chi connectivity index (χ4n) is 1.99. The number of benzene rings is 1. The third kappa shape index (κ3) is 7.55. The minimum absolute atomic E-state index is 0.117. The van der Waals surface area contributed by atoms with Crippen molar-refractivity contribution in [3.8, 4) is 0 Å². The molecule has 6 heteroatoms. The smallest absolute Gasteiger partial charge is 0.212 e. The Balaban J connectivity index is 2.36. The highest BCUT2D eigenvalue weighted by molar-refractivity contribution is 7.89. The van der Waals surface area contributed by atoms with Crippen LogP contribution < -0.4 is 10.0 Å². The van der Waals surface area contributed by atoms with Crippen molar-refractivity contribution in [2.75, 3.05) is 18.8 Å². The van der Waals surface area contributed by atoms with E-state index in [2.05, 4.69) is 17.0 Å². The van der Waals surface area contributed by atoms with Gasteiger partial charge in [-0.25, -0.2) is 17.5 Å². The van der Waals surface area contributed by atoms with Crippen LogP contribution in [0.25, 0.3) is 0 Å². The molecule has 1 aromatic rings.